The number of hydrazone groups is 1. The maximum Gasteiger partial charge on any atom is 0.387 e. The van der Waals surface area contributed by atoms with Gasteiger partial charge in [0, 0.05) is 10.6 Å². The third-order valence-corrected chi connectivity index (χ3v) is 3.56. The van der Waals surface area contributed by atoms with Crippen molar-refractivity contribution >= 4 is 23.7 Å². The largest absolute Gasteiger partial charge is 0.493 e. The number of carbonyl (C=O) groups excluding carboxylic acids is 1. The van der Waals surface area contributed by atoms with E-state index in [9.17, 15) is 13.6 Å². The summed E-state index contributed by atoms with van der Waals surface area (Å²) in [4.78, 5) is 11.8. The van der Waals surface area contributed by atoms with E-state index in [1.807, 2.05) is 0 Å². The Labute approximate surface area is 159 Å². The fourth-order valence-corrected chi connectivity index (χ4v) is 2.36. The van der Waals surface area contributed by atoms with Crippen LogP contribution >= 0.6 is 11.6 Å². The Morgan fingerprint density at radius 2 is 2.07 bits per heavy atom. The number of hydrogen-bond acceptors (Lipinski definition) is 5. The Balaban J connectivity index is 1.97. The molecule has 0 saturated heterocycles. The summed E-state index contributed by atoms with van der Waals surface area (Å²) in [5.41, 5.74) is 3.24. The molecule has 144 valence electrons. The van der Waals surface area contributed by atoms with Gasteiger partial charge in [0.2, 0.25) is 0 Å². The van der Waals surface area contributed by atoms with E-state index in [1.54, 1.807) is 31.2 Å². The van der Waals surface area contributed by atoms with E-state index in [4.69, 9.17) is 21.1 Å². The van der Waals surface area contributed by atoms with Crippen molar-refractivity contribution in [3.63, 3.8) is 0 Å². The molecule has 9 heteroatoms. The highest BCUT2D eigenvalue weighted by Crippen LogP contribution is 2.31. The topological polar surface area (TPSA) is 69.2 Å². The zero-order valence-electron chi connectivity index (χ0n) is 14.5. The maximum absolute atomic E-state index is 12.6. The molecule has 0 heterocycles. The minimum Gasteiger partial charge on any atom is -0.493 e. The first-order valence-corrected chi connectivity index (χ1v) is 8.11. The van der Waals surface area contributed by atoms with Gasteiger partial charge >= 0.3 is 6.61 Å². The van der Waals surface area contributed by atoms with E-state index in [-0.39, 0.29) is 23.7 Å². The molecule has 1 N–H and O–H groups in total. The van der Waals surface area contributed by atoms with Crippen LogP contribution in [0.25, 0.3) is 0 Å². The highest BCUT2D eigenvalue weighted by atomic mass is 35.5. The van der Waals surface area contributed by atoms with E-state index in [2.05, 4.69) is 15.3 Å². The van der Waals surface area contributed by atoms with Crippen LogP contribution in [0.5, 0.6) is 17.2 Å². The zero-order valence-corrected chi connectivity index (χ0v) is 15.3. The average Bonchev–Trinajstić information content (AvgIpc) is 2.61. The Morgan fingerprint density at radius 1 is 1.30 bits per heavy atom. The summed E-state index contributed by atoms with van der Waals surface area (Å²) >= 11 is 5.85. The number of halogens is 3. The Hall–Kier alpha value is -2.87. The molecule has 2 aromatic rings. The number of benzene rings is 2. The van der Waals surface area contributed by atoms with Crippen LogP contribution in [0.2, 0.25) is 5.02 Å². The molecule has 27 heavy (non-hydrogen) atoms. The number of amides is 1. The first-order valence-electron chi connectivity index (χ1n) is 7.73. The molecule has 0 unspecified atom stereocenters. The minimum absolute atomic E-state index is 0.118. The molecule has 0 atom stereocenters. The lowest BCUT2D eigenvalue weighted by atomic mass is 10.2. The van der Waals surface area contributed by atoms with Gasteiger partial charge in [-0.15, -0.1) is 0 Å². The van der Waals surface area contributed by atoms with Crippen molar-refractivity contribution in [1.82, 2.24) is 5.43 Å². The van der Waals surface area contributed by atoms with Crippen LogP contribution in [0.3, 0.4) is 0 Å². The number of ether oxygens (including phenoxy) is 3. The Kier molecular flexibility index (Phi) is 7.36. The van der Waals surface area contributed by atoms with Crippen LogP contribution in [0.4, 0.5) is 8.78 Å². The molecule has 1 amide bonds. The lowest BCUT2D eigenvalue weighted by Crippen LogP contribution is -2.24. The predicted molar refractivity (Wildman–Crippen MR) is 97.0 cm³/mol. The van der Waals surface area contributed by atoms with Crippen LogP contribution in [-0.2, 0) is 4.79 Å². The highest BCUT2D eigenvalue weighted by molar-refractivity contribution is 6.30. The molecule has 6 nitrogen and oxygen atoms in total. The molecule has 2 rings (SSSR count). The summed E-state index contributed by atoms with van der Waals surface area (Å²) in [5.74, 6) is -0.0769. The van der Waals surface area contributed by atoms with Crippen LogP contribution in [0.15, 0.2) is 41.5 Å². The summed E-state index contributed by atoms with van der Waals surface area (Å²) < 4.78 is 40.0. The zero-order chi connectivity index (χ0) is 19.8. The molecule has 0 bridgehead atoms. The minimum atomic E-state index is -3.03. The monoisotopic (exact) mass is 398 g/mol. The van der Waals surface area contributed by atoms with Gasteiger partial charge in [-0.25, -0.2) is 5.43 Å². The van der Waals surface area contributed by atoms with E-state index >= 15 is 0 Å². The third-order valence-electron chi connectivity index (χ3n) is 3.32. The molecule has 0 aromatic heterocycles. The quantitative estimate of drug-likeness (QED) is 0.542. The molecule has 0 aliphatic rings. The number of aryl methyl sites for hydroxylation is 1. The lowest BCUT2D eigenvalue weighted by Gasteiger charge is -2.12. The van der Waals surface area contributed by atoms with E-state index < -0.39 is 12.5 Å². The van der Waals surface area contributed by atoms with Gasteiger partial charge in [-0.05, 0) is 42.8 Å². The normalized spacial score (nSPS) is 10.9. The van der Waals surface area contributed by atoms with Gasteiger partial charge in [0.1, 0.15) is 5.75 Å². The standard InChI is InChI=1S/C18H17ClF2N2O4/c1-11-8-13(19)6-7-14(11)26-10-16(24)23-22-9-12-4-3-5-15(25-2)17(12)27-18(20)21/h3-9,18H,10H2,1-2H3,(H,23,24)/b22-9-. The van der Waals surface area contributed by atoms with Gasteiger partial charge in [-0.3, -0.25) is 4.79 Å². The van der Waals surface area contributed by atoms with Gasteiger partial charge in [-0.2, -0.15) is 13.9 Å². The number of alkyl halides is 2. The van der Waals surface area contributed by atoms with Crippen molar-refractivity contribution in [2.24, 2.45) is 5.10 Å². The molecular formula is C18H17ClF2N2O4. The van der Waals surface area contributed by atoms with Crippen molar-refractivity contribution < 1.29 is 27.8 Å². The summed E-state index contributed by atoms with van der Waals surface area (Å²) in [7, 11) is 1.33. The third kappa shape index (κ3) is 6.10. The maximum atomic E-state index is 12.6. The number of nitrogens with zero attached hydrogens (tertiary/aromatic N) is 1. The lowest BCUT2D eigenvalue weighted by molar-refractivity contribution is -0.123. The summed E-state index contributed by atoms with van der Waals surface area (Å²) in [6, 6.07) is 9.54. The number of rotatable bonds is 8. The molecule has 0 aliphatic heterocycles. The van der Waals surface area contributed by atoms with Crippen molar-refractivity contribution in [2.75, 3.05) is 13.7 Å². The van der Waals surface area contributed by atoms with E-state index in [0.717, 1.165) is 5.56 Å². The summed E-state index contributed by atoms with van der Waals surface area (Å²) in [6.45, 7) is -1.51. The molecular weight excluding hydrogens is 382 g/mol. The highest BCUT2D eigenvalue weighted by Gasteiger charge is 2.14. The fraction of sp³-hybridized carbons (Fsp3) is 0.222. The van der Waals surface area contributed by atoms with Crippen molar-refractivity contribution in [1.29, 1.82) is 0 Å². The second-order valence-electron chi connectivity index (χ2n) is 5.25. The molecule has 0 aliphatic carbocycles. The van der Waals surface area contributed by atoms with Crippen molar-refractivity contribution in [2.45, 2.75) is 13.5 Å². The molecule has 2 aromatic carbocycles. The van der Waals surface area contributed by atoms with Crippen molar-refractivity contribution in [3.05, 3.63) is 52.5 Å². The molecule has 0 fully saturated rings. The van der Waals surface area contributed by atoms with Crippen molar-refractivity contribution in [3.8, 4) is 17.2 Å². The van der Waals surface area contributed by atoms with Gasteiger partial charge in [-0.1, -0.05) is 17.7 Å². The van der Waals surface area contributed by atoms with Gasteiger partial charge in [0.25, 0.3) is 5.91 Å². The Bertz CT molecular complexity index is 831. The van der Waals surface area contributed by atoms with Crippen LogP contribution in [-0.4, -0.2) is 32.4 Å². The smallest absolute Gasteiger partial charge is 0.387 e. The molecule has 0 spiro atoms. The molecule has 0 radical (unpaired) electrons. The Morgan fingerprint density at radius 3 is 2.74 bits per heavy atom. The van der Waals surface area contributed by atoms with E-state index in [0.29, 0.717) is 10.8 Å². The average molecular weight is 399 g/mol. The molecule has 0 saturated carbocycles. The van der Waals surface area contributed by atoms with Gasteiger partial charge in [0.05, 0.1) is 13.3 Å². The first kappa shape index (κ1) is 20.4. The summed E-state index contributed by atoms with van der Waals surface area (Å²) in [6.07, 6.45) is 1.17. The van der Waals surface area contributed by atoms with E-state index in [1.165, 1.54) is 25.5 Å². The fourth-order valence-electron chi connectivity index (χ4n) is 2.13. The van der Waals surface area contributed by atoms with Gasteiger partial charge in [0.15, 0.2) is 18.1 Å². The second-order valence-corrected chi connectivity index (χ2v) is 5.69. The SMILES string of the molecule is COc1cccc(/C=N\NC(=O)COc2ccc(Cl)cc2C)c1OC(F)F. The van der Waals surface area contributed by atoms with Gasteiger partial charge < -0.3 is 14.2 Å². The predicted octanol–water partition coefficient (Wildman–Crippen LogP) is 3.79. The van der Waals surface area contributed by atoms with Crippen LogP contribution in [0, 0.1) is 6.92 Å². The van der Waals surface area contributed by atoms with Crippen LogP contribution in [0.1, 0.15) is 11.1 Å². The summed E-state index contributed by atoms with van der Waals surface area (Å²) in [5, 5.41) is 4.29. The number of methoxy groups -OCH3 is 1. The number of hydrogen-bond donors (Lipinski definition) is 1. The second kappa shape index (κ2) is 9.72. The number of para-hydroxylation sites is 1. The first-order chi connectivity index (χ1) is 12.9. The van der Waals surface area contributed by atoms with Crippen LogP contribution < -0.4 is 19.6 Å². The number of nitrogens with one attached hydrogen (secondary N) is 1. The number of carbonyl (C=O) groups is 1.